The van der Waals surface area contributed by atoms with Crippen molar-refractivity contribution in [3.05, 3.63) is 57.5 Å². The smallest absolute Gasteiger partial charge is 0.323 e. The molecule has 2 aromatic carbocycles. The highest BCUT2D eigenvalue weighted by atomic mass is 79.9. The Labute approximate surface area is 129 Å². The van der Waals surface area contributed by atoms with Crippen molar-refractivity contribution in [2.45, 2.75) is 6.61 Å². The fourth-order valence-electron chi connectivity index (χ4n) is 1.65. The van der Waals surface area contributed by atoms with E-state index in [0.29, 0.717) is 22.0 Å². The lowest BCUT2D eigenvalue weighted by Crippen LogP contribution is -2.20. The van der Waals surface area contributed by atoms with Crippen LogP contribution in [-0.4, -0.2) is 11.1 Å². The van der Waals surface area contributed by atoms with Gasteiger partial charge in [0.2, 0.25) is 0 Å². The molecule has 0 aliphatic carbocycles. The average Bonchev–Trinajstić information content (AvgIpc) is 2.38. The first-order valence-corrected chi connectivity index (χ1v) is 6.98. The normalized spacial score (nSPS) is 10.2. The zero-order chi connectivity index (χ0) is 14.5. The zero-order valence-corrected chi connectivity index (χ0v) is 12.7. The number of aliphatic hydroxyl groups excluding tert-OH is 1. The number of hydrogen-bond acceptors (Lipinski definition) is 2. The molecule has 0 spiro atoms. The van der Waals surface area contributed by atoms with Gasteiger partial charge in [-0.2, -0.15) is 0 Å². The van der Waals surface area contributed by atoms with Crippen LogP contribution in [0.15, 0.2) is 46.9 Å². The van der Waals surface area contributed by atoms with Gasteiger partial charge in [-0.15, -0.1) is 0 Å². The van der Waals surface area contributed by atoms with Crippen molar-refractivity contribution >= 4 is 44.9 Å². The Morgan fingerprint density at radius 2 is 2.00 bits per heavy atom. The number of rotatable bonds is 3. The maximum atomic E-state index is 11.9. The molecule has 0 bridgehead atoms. The second kappa shape index (κ2) is 6.74. The second-order valence-electron chi connectivity index (χ2n) is 4.05. The number of benzene rings is 2. The summed E-state index contributed by atoms with van der Waals surface area (Å²) in [5, 5.41) is 15.1. The van der Waals surface area contributed by atoms with E-state index in [2.05, 4.69) is 26.6 Å². The lowest BCUT2D eigenvalue weighted by Gasteiger charge is -2.11. The second-order valence-corrected chi connectivity index (χ2v) is 5.40. The average molecular weight is 356 g/mol. The summed E-state index contributed by atoms with van der Waals surface area (Å²) in [6, 6.07) is 11.7. The van der Waals surface area contributed by atoms with Crippen LogP contribution in [0.3, 0.4) is 0 Å². The Bertz CT molecular complexity index is 634. The number of urea groups is 1. The maximum absolute atomic E-state index is 11.9. The fraction of sp³-hybridized carbons (Fsp3) is 0.0714. The van der Waals surface area contributed by atoms with Gasteiger partial charge in [-0.25, -0.2) is 4.79 Å². The minimum absolute atomic E-state index is 0.153. The van der Waals surface area contributed by atoms with Gasteiger partial charge in [-0.1, -0.05) is 39.7 Å². The molecule has 0 saturated heterocycles. The molecular formula is C14H12BrClN2O2. The summed E-state index contributed by atoms with van der Waals surface area (Å²) in [5.74, 6) is 0. The molecular weight excluding hydrogens is 344 g/mol. The molecule has 0 atom stereocenters. The molecule has 0 aliphatic rings. The van der Waals surface area contributed by atoms with Gasteiger partial charge in [0.05, 0.1) is 6.61 Å². The van der Waals surface area contributed by atoms with Crippen molar-refractivity contribution in [1.29, 1.82) is 0 Å². The Morgan fingerprint density at radius 1 is 1.20 bits per heavy atom. The van der Waals surface area contributed by atoms with E-state index in [1.165, 1.54) is 0 Å². The number of carbonyl (C=O) groups excluding carboxylic acids is 1. The van der Waals surface area contributed by atoms with E-state index >= 15 is 0 Å². The summed E-state index contributed by atoms with van der Waals surface area (Å²) in [4.78, 5) is 11.9. The van der Waals surface area contributed by atoms with Crippen LogP contribution in [0.5, 0.6) is 0 Å². The molecule has 0 fully saturated rings. The fourth-order valence-corrected chi connectivity index (χ4v) is 2.21. The Hall–Kier alpha value is -1.56. The van der Waals surface area contributed by atoms with Crippen molar-refractivity contribution in [3.8, 4) is 0 Å². The third kappa shape index (κ3) is 3.96. The number of halogens is 2. The summed E-state index contributed by atoms with van der Waals surface area (Å²) in [5.41, 5.74) is 1.77. The molecule has 2 aromatic rings. The number of nitrogens with one attached hydrogen (secondary N) is 2. The number of amides is 2. The van der Waals surface area contributed by atoms with Crippen LogP contribution in [0.2, 0.25) is 5.02 Å². The highest BCUT2D eigenvalue weighted by Crippen LogP contribution is 2.22. The predicted molar refractivity (Wildman–Crippen MR) is 84.2 cm³/mol. The van der Waals surface area contributed by atoms with Crippen molar-refractivity contribution in [2.24, 2.45) is 0 Å². The Balaban J connectivity index is 2.10. The number of carbonyl (C=O) groups is 1. The minimum atomic E-state index is -0.403. The highest BCUT2D eigenvalue weighted by molar-refractivity contribution is 9.10. The zero-order valence-electron chi connectivity index (χ0n) is 10.4. The number of hydrogen-bond donors (Lipinski definition) is 3. The summed E-state index contributed by atoms with van der Waals surface area (Å²) in [7, 11) is 0. The molecule has 0 aliphatic heterocycles. The van der Waals surface area contributed by atoms with Gasteiger partial charge in [0.25, 0.3) is 0 Å². The van der Waals surface area contributed by atoms with Crippen molar-refractivity contribution in [1.82, 2.24) is 0 Å². The van der Waals surface area contributed by atoms with Crippen molar-refractivity contribution < 1.29 is 9.90 Å². The van der Waals surface area contributed by atoms with Gasteiger partial charge in [0.15, 0.2) is 0 Å². The number of aliphatic hydroxyl groups is 1. The minimum Gasteiger partial charge on any atom is -0.392 e. The molecule has 4 nitrogen and oxygen atoms in total. The first-order valence-electron chi connectivity index (χ1n) is 5.81. The highest BCUT2D eigenvalue weighted by Gasteiger charge is 2.07. The van der Waals surface area contributed by atoms with E-state index in [1.807, 2.05) is 0 Å². The first kappa shape index (κ1) is 14.8. The van der Waals surface area contributed by atoms with Gasteiger partial charge < -0.3 is 15.7 Å². The molecule has 0 saturated carbocycles. The van der Waals surface area contributed by atoms with Crippen LogP contribution in [0.25, 0.3) is 0 Å². The molecule has 6 heteroatoms. The largest absolute Gasteiger partial charge is 0.392 e. The van der Waals surface area contributed by atoms with Gasteiger partial charge >= 0.3 is 6.03 Å². The van der Waals surface area contributed by atoms with Gasteiger partial charge in [-0.05, 0) is 30.3 Å². The van der Waals surface area contributed by atoms with Crippen LogP contribution in [0, 0.1) is 0 Å². The number of anilines is 2. The van der Waals surface area contributed by atoms with Crippen LogP contribution in [0.4, 0.5) is 16.2 Å². The van der Waals surface area contributed by atoms with Gasteiger partial charge in [0, 0.05) is 26.4 Å². The van der Waals surface area contributed by atoms with Crippen LogP contribution in [0.1, 0.15) is 5.56 Å². The molecule has 104 valence electrons. The molecule has 0 radical (unpaired) electrons. The predicted octanol–water partition coefficient (Wildman–Crippen LogP) is 4.24. The molecule has 3 N–H and O–H groups in total. The third-order valence-corrected chi connectivity index (χ3v) is 3.30. The van der Waals surface area contributed by atoms with E-state index in [9.17, 15) is 9.90 Å². The molecule has 2 rings (SSSR count). The quantitative estimate of drug-likeness (QED) is 0.771. The van der Waals surface area contributed by atoms with Crippen LogP contribution >= 0.6 is 27.5 Å². The van der Waals surface area contributed by atoms with E-state index in [0.717, 1.165) is 4.47 Å². The molecule has 2 amide bonds. The Morgan fingerprint density at radius 3 is 2.70 bits per heavy atom. The van der Waals surface area contributed by atoms with Crippen molar-refractivity contribution in [2.75, 3.05) is 10.6 Å². The summed E-state index contributed by atoms with van der Waals surface area (Å²) in [6.07, 6.45) is 0. The van der Waals surface area contributed by atoms with E-state index in [-0.39, 0.29) is 6.61 Å². The van der Waals surface area contributed by atoms with Crippen LogP contribution in [-0.2, 0) is 6.61 Å². The molecule has 0 heterocycles. The maximum Gasteiger partial charge on any atom is 0.323 e. The monoisotopic (exact) mass is 354 g/mol. The standard InChI is InChI=1S/C14H12BrClN2O2/c15-10-5-4-9(8-19)13(6-10)18-14(20)17-12-3-1-2-11(16)7-12/h1-7,19H,8H2,(H2,17,18,20). The lowest BCUT2D eigenvalue weighted by atomic mass is 10.2. The molecule has 0 unspecified atom stereocenters. The van der Waals surface area contributed by atoms with Crippen LogP contribution < -0.4 is 10.6 Å². The van der Waals surface area contributed by atoms with Gasteiger partial charge in [-0.3, -0.25) is 0 Å². The van der Waals surface area contributed by atoms with Gasteiger partial charge in [0.1, 0.15) is 0 Å². The third-order valence-electron chi connectivity index (χ3n) is 2.57. The summed E-state index contributed by atoms with van der Waals surface area (Å²) < 4.78 is 0.813. The molecule has 20 heavy (non-hydrogen) atoms. The summed E-state index contributed by atoms with van der Waals surface area (Å²) in [6.45, 7) is -0.153. The van der Waals surface area contributed by atoms with Crippen molar-refractivity contribution in [3.63, 3.8) is 0 Å². The van der Waals surface area contributed by atoms with E-state index in [4.69, 9.17) is 11.6 Å². The Kier molecular flexibility index (Phi) is 5.00. The topological polar surface area (TPSA) is 61.4 Å². The summed E-state index contributed by atoms with van der Waals surface area (Å²) >= 11 is 9.17. The van der Waals surface area contributed by atoms with E-state index in [1.54, 1.807) is 42.5 Å². The molecule has 0 aromatic heterocycles. The first-order chi connectivity index (χ1) is 9.58. The lowest BCUT2D eigenvalue weighted by molar-refractivity contribution is 0.262. The SMILES string of the molecule is O=C(Nc1cccc(Cl)c1)Nc1cc(Br)ccc1CO. The van der Waals surface area contributed by atoms with E-state index < -0.39 is 6.03 Å².